The number of aromatic hydroxyl groups is 2. The first-order valence-electron chi connectivity index (χ1n) is 17.6. The molecule has 0 unspecified atom stereocenters. The van der Waals surface area contributed by atoms with Crippen LogP contribution < -0.4 is 20.1 Å². The standard InChI is InChI=1S/C40H64N2O6/c1-37(2,3)29-23-27(24-30(35(29)45)38(4,5)6)47-21-17-33(43)41-19-15-13-14-16-20-42-34(44)18-22-48-28-25-31(39(7,8)9)36(46)32(26-28)40(10,11)12/h23-26,45-46H,13-22H2,1-12H3,(H,41,43)(H,42,44). The molecule has 2 amide bonds. The predicted octanol–water partition coefficient (Wildman–Crippen LogP) is 8.32. The second kappa shape index (κ2) is 16.8. The third-order valence-electron chi connectivity index (χ3n) is 8.34. The maximum atomic E-state index is 12.4. The van der Waals surface area contributed by atoms with Gasteiger partial charge in [-0.1, -0.05) is 95.9 Å². The van der Waals surface area contributed by atoms with Crippen molar-refractivity contribution in [1.82, 2.24) is 10.6 Å². The summed E-state index contributed by atoms with van der Waals surface area (Å²) < 4.78 is 11.9. The quantitative estimate of drug-likeness (QED) is 0.142. The van der Waals surface area contributed by atoms with Gasteiger partial charge >= 0.3 is 0 Å². The van der Waals surface area contributed by atoms with Gasteiger partial charge in [-0.25, -0.2) is 0 Å². The minimum atomic E-state index is -0.245. The molecular weight excluding hydrogens is 604 g/mol. The van der Waals surface area contributed by atoms with Gasteiger partial charge in [-0.3, -0.25) is 9.59 Å². The number of phenols is 2. The minimum Gasteiger partial charge on any atom is -0.507 e. The monoisotopic (exact) mass is 668 g/mol. The highest BCUT2D eigenvalue weighted by molar-refractivity contribution is 5.76. The van der Waals surface area contributed by atoms with Gasteiger partial charge in [0.1, 0.15) is 23.0 Å². The molecule has 0 atom stereocenters. The minimum absolute atomic E-state index is 0.0492. The fourth-order valence-corrected chi connectivity index (χ4v) is 5.43. The molecule has 0 bridgehead atoms. The zero-order chi connectivity index (χ0) is 36.5. The summed E-state index contributed by atoms with van der Waals surface area (Å²) in [5.41, 5.74) is 2.35. The van der Waals surface area contributed by atoms with Crippen molar-refractivity contribution in [1.29, 1.82) is 0 Å². The summed E-state index contributed by atoms with van der Waals surface area (Å²) in [7, 11) is 0. The average Bonchev–Trinajstić information content (AvgIpc) is 2.93. The van der Waals surface area contributed by atoms with Crippen LogP contribution in [0.1, 0.15) is 144 Å². The highest BCUT2D eigenvalue weighted by Gasteiger charge is 2.28. The fourth-order valence-electron chi connectivity index (χ4n) is 5.43. The Balaban J connectivity index is 1.65. The summed E-state index contributed by atoms with van der Waals surface area (Å²) >= 11 is 0. The number of carbonyl (C=O) groups is 2. The second-order valence-corrected chi connectivity index (χ2v) is 17.0. The Morgan fingerprint density at radius 3 is 1.04 bits per heavy atom. The number of carbonyl (C=O) groups excluding carboxylic acids is 2. The van der Waals surface area contributed by atoms with Crippen LogP contribution in [0.2, 0.25) is 0 Å². The molecule has 8 nitrogen and oxygen atoms in total. The molecule has 2 aromatic carbocycles. The molecular formula is C40H64N2O6. The van der Waals surface area contributed by atoms with Gasteiger partial charge in [0, 0.05) is 35.3 Å². The third-order valence-corrected chi connectivity index (χ3v) is 8.34. The summed E-state index contributed by atoms with van der Waals surface area (Å²) in [5, 5.41) is 27.7. The molecule has 2 aromatic rings. The molecule has 0 radical (unpaired) electrons. The lowest BCUT2D eigenvalue weighted by Gasteiger charge is -2.28. The molecule has 0 aliphatic carbocycles. The topological polar surface area (TPSA) is 117 Å². The van der Waals surface area contributed by atoms with Crippen LogP contribution in [-0.4, -0.2) is 48.3 Å². The highest BCUT2D eigenvalue weighted by atomic mass is 16.5. The van der Waals surface area contributed by atoms with Crippen molar-refractivity contribution < 1.29 is 29.3 Å². The van der Waals surface area contributed by atoms with Gasteiger partial charge in [-0.2, -0.15) is 0 Å². The van der Waals surface area contributed by atoms with Crippen molar-refractivity contribution in [3.05, 3.63) is 46.5 Å². The molecule has 8 heteroatoms. The van der Waals surface area contributed by atoms with E-state index in [1.807, 2.05) is 24.3 Å². The van der Waals surface area contributed by atoms with Crippen LogP contribution in [0.4, 0.5) is 0 Å². The SMILES string of the molecule is CC(C)(C)c1cc(OCCC(=O)NCCCCCCNC(=O)CCOc2cc(C(C)(C)C)c(O)c(C(C)(C)C)c2)cc(C(C)(C)C)c1O. The maximum Gasteiger partial charge on any atom is 0.223 e. The van der Waals surface area contributed by atoms with Crippen molar-refractivity contribution >= 4 is 11.8 Å². The predicted molar refractivity (Wildman–Crippen MR) is 196 cm³/mol. The first-order valence-corrected chi connectivity index (χ1v) is 17.6. The molecule has 270 valence electrons. The molecule has 48 heavy (non-hydrogen) atoms. The van der Waals surface area contributed by atoms with Crippen LogP contribution in [0.15, 0.2) is 24.3 Å². The van der Waals surface area contributed by atoms with Crippen molar-refractivity contribution in [2.75, 3.05) is 26.3 Å². The lowest BCUT2D eigenvalue weighted by molar-refractivity contribution is -0.122. The number of amides is 2. The number of hydrogen-bond donors (Lipinski definition) is 4. The van der Waals surface area contributed by atoms with Gasteiger partial charge in [0.05, 0.1) is 26.1 Å². The molecule has 0 heterocycles. The second-order valence-electron chi connectivity index (χ2n) is 17.0. The summed E-state index contributed by atoms with van der Waals surface area (Å²) in [6.07, 6.45) is 4.18. The molecule has 0 saturated heterocycles. The van der Waals surface area contributed by atoms with Crippen LogP contribution in [0, 0.1) is 0 Å². The van der Waals surface area contributed by atoms with Crippen LogP contribution in [0.5, 0.6) is 23.0 Å². The van der Waals surface area contributed by atoms with E-state index >= 15 is 0 Å². The lowest BCUT2D eigenvalue weighted by Crippen LogP contribution is -2.26. The number of ether oxygens (including phenoxy) is 2. The number of phenolic OH excluding ortho intramolecular Hbond substituents is 2. The van der Waals surface area contributed by atoms with E-state index in [4.69, 9.17) is 9.47 Å². The molecule has 0 aliphatic heterocycles. The van der Waals surface area contributed by atoms with Crippen molar-refractivity contribution in [3.63, 3.8) is 0 Å². The average molecular weight is 669 g/mol. The van der Waals surface area contributed by atoms with E-state index in [-0.39, 0.29) is 59.5 Å². The van der Waals surface area contributed by atoms with Crippen LogP contribution in [0.3, 0.4) is 0 Å². The van der Waals surface area contributed by atoms with Gasteiger partial charge in [0.2, 0.25) is 11.8 Å². The molecule has 4 N–H and O–H groups in total. The van der Waals surface area contributed by atoms with E-state index in [2.05, 4.69) is 93.7 Å². The molecule has 0 fully saturated rings. The third kappa shape index (κ3) is 12.9. The van der Waals surface area contributed by atoms with Gasteiger partial charge in [0.15, 0.2) is 0 Å². The zero-order valence-electron chi connectivity index (χ0n) is 31.9. The summed E-state index contributed by atoms with van der Waals surface area (Å²) in [6.45, 7) is 26.4. The van der Waals surface area contributed by atoms with Crippen molar-refractivity contribution in [2.24, 2.45) is 0 Å². The van der Waals surface area contributed by atoms with E-state index in [9.17, 15) is 19.8 Å². The van der Waals surface area contributed by atoms with Crippen molar-refractivity contribution in [2.45, 2.75) is 143 Å². The smallest absolute Gasteiger partial charge is 0.223 e. The molecule has 0 aliphatic rings. The van der Waals surface area contributed by atoms with E-state index in [0.717, 1.165) is 47.9 Å². The van der Waals surface area contributed by atoms with Crippen LogP contribution in [0.25, 0.3) is 0 Å². The number of unbranched alkanes of at least 4 members (excludes halogenated alkanes) is 3. The summed E-state index contributed by atoms with van der Waals surface area (Å²) in [4.78, 5) is 24.7. The fraction of sp³-hybridized carbons (Fsp3) is 0.650. The number of rotatable bonds is 15. The van der Waals surface area contributed by atoms with Crippen molar-refractivity contribution in [3.8, 4) is 23.0 Å². The Kier molecular flexibility index (Phi) is 14.3. The van der Waals surface area contributed by atoms with Gasteiger partial charge < -0.3 is 30.3 Å². The Morgan fingerprint density at radius 2 is 0.792 bits per heavy atom. The Morgan fingerprint density at radius 1 is 0.521 bits per heavy atom. The van der Waals surface area contributed by atoms with E-state index in [1.165, 1.54) is 0 Å². The number of nitrogens with one attached hydrogen (secondary N) is 2. The zero-order valence-corrected chi connectivity index (χ0v) is 31.9. The summed E-state index contributed by atoms with van der Waals surface area (Å²) in [5.74, 6) is 1.85. The van der Waals surface area contributed by atoms with Gasteiger partial charge in [-0.05, 0) is 58.8 Å². The van der Waals surface area contributed by atoms with E-state index in [1.54, 1.807) is 0 Å². The first kappa shape index (κ1) is 40.8. The van der Waals surface area contributed by atoms with Gasteiger partial charge in [0.25, 0.3) is 0 Å². The normalized spacial score (nSPS) is 12.5. The largest absolute Gasteiger partial charge is 0.507 e. The number of benzene rings is 2. The van der Waals surface area contributed by atoms with Crippen LogP contribution in [-0.2, 0) is 31.2 Å². The summed E-state index contributed by atoms with van der Waals surface area (Å²) in [6, 6.07) is 7.50. The molecule has 2 rings (SSSR count). The number of hydrogen-bond acceptors (Lipinski definition) is 6. The lowest BCUT2D eigenvalue weighted by atomic mass is 9.79. The van der Waals surface area contributed by atoms with E-state index < -0.39 is 0 Å². The Labute approximate surface area is 290 Å². The highest BCUT2D eigenvalue weighted by Crippen LogP contribution is 2.43. The Bertz CT molecular complexity index is 1190. The first-order chi connectivity index (χ1) is 22.0. The van der Waals surface area contributed by atoms with Gasteiger partial charge in [-0.15, -0.1) is 0 Å². The van der Waals surface area contributed by atoms with Crippen LogP contribution >= 0.6 is 0 Å². The molecule has 0 saturated carbocycles. The van der Waals surface area contributed by atoms with E-state index in [0.29, 0.717) is 36.1 Å². The maximum absolute atomic E-state index is 12.4. The molecule has 0 spiro atoms. The Hall–Kier alpha value is -3.42. The molecule has 0 aromatic heterocycles.